The van der Waals surface area contributed by atoms with Crippen LogP contribution in [0.1, 0.15) is 52.9 Å². The summed E-state index contributed by atoms with van der Waals surface area (Å²) in [7, 11) is 0. The maximum absolute atomic E-state index is 10.1. The number of carbonyl (C=O) groups is 1. The molecule has 0 unspecified atom stereocenters. The molecule has 3 aliphatic rings. The molecule has 22 heavy (non-hydrogen) atoms. The van der Waals surface area contributed by atoms with Crippen LogP contribution < -0.4 is 10.6 Å². The minimum Gasteiger partial charge on any atom is -0.385 e. The number of carbonyl (C=O) groups excluding carboxylic acids is 1. The number of amides is 1. The number of nitrogens with one attached hydrogen (secondary N) is 2. The maximum atomic E-state index is 10.1. The number of amidine groups is 1. The highest BCUT2D eigenvalue weighted by molar-refractivity contribution is 7.99. The van der Waals surface area contributed by atoms with Gasteiger partial charge in [-0.05, 0) is 45.2 Å². The SMILES string of the molecule is C1CNC1.CC(C)(C)S.O=CNC1=NC2=C(CCCC2)SO1. The summed E-state index contributed by atoms with van der Waals surface area (Å²) < 4.78 is 5.35. The first-order chi connectivity index (χ1) is 10.4. The number of rotatable bonds is 1. The lowest BCUT2D eigenvalue weighted by atomic mass is 10.1. The minimum absolute atomic E-state index is 0.194. The summed E-state index contributed by atoms with van der Waals surface area (Å²) in [4.78, 5) is 15.6. The van der Waals surface area contributed by atoms with Crippen molar-refractivity contribution in [2.45, 2.75) is 57.6 Å². The van der Waals surface area contributed by atoms with Gasteiger partial charge in [-0.1, -0.05) is 20.8 Å². The van der Waals surface area contributed by atoms with Crippen molar-refractivity contribution in [2.24, 2.45) is 4.99 Å². The quantitative estimate of drug-likeness (QED) is 0.388. The Morgan fingerprint density at radius 1 is 1.27 bits per heavy atom. The second-order valence-electron chi connectivity index (χ2n) is 6.20. The van der Waals surface area contributed by atoms with Crippen molar-refractivity contribution in [1.29, 1.82) is 0 Å². The Balaban J connectivity index is 0.000000221. The van der Waals surface area contributed by atoms with E-state index >= 15 is 0 Å². The molecule has 0 saturated carbocycles. The number of thiol groups is 1. The Morgan fingerprint density at radius 2 is 1.82 bits per heavy atom. The number of hydrogen-bond acceptors (Lipinski definition) is 6. The Hall–Kier alpha value is -0.660. The van der Waals surface area contributed by atoms with Crippen LogP contribution in [0.4, 0.5) is 0 Å². The average molecular weight is 346 g/mol. The first kappa shape index (κ1) is 19.4. The van der Waals surface area contributed by atoms with Gasteiger partial charge in [0, 0.05) is 9.65 Å². The Bertz CT molecular complexity index is 404. The third kappa shape index (κ3) is 9.38. The van der Waals surface area contributed by atoms with Crippen molar-refractivity contribution in [1.82, 2.24) is 10.6 Å². The molecule has 0 atom stereocenters. The summed E-state index contributed by atoms with van der Waals surface area (Å²) in [5.74, 6) is 0. The van der Waals surface area contributed by atoms with E-state index in [1.165, 1.54) is 49.3 Å². The summed E-state index contributed by atoms with van der Waals surface area (Å²) in [5, 5.41) is 5.52. The van der Waals surface area contributed by atoms with Gasteiger partial charge in [0.2, 0.25) is 6.41 Å². The highest BCUT2D eigenvalue weighted by Crippen LogP contribution is 2.36. The van der Waals surface area contributed by atoms with Crippen molar-refractivity contribution in [3.63, 3.8) is 0 Å². The lowest BCUT2D eigenvalue weighted by molar-refractivity contribution is -0.108. The molecule has 2 aliphatic heterocycles. The number of aliphatic imine (C=N–C) groups is 1. The molecule has 7 heteroatoms. The zero-order chi connectivity index (χ0) is 16.4. The lowest BCUT2D eigenvalue weighted by Gasteiger charge is -2.20. The van der Waals surface area contributed by atoms with Gasteiger partial charge in [0.15, 0.2) is 0 Å². The van der Waals surface area contributed by atoms with Gasteiger partial charge >= 0.3 is 6.02 Å². The smallest absolute Gasteiger partial charge is 0.309 e. The van der Waals surface area contributed by atoms with Crippen molar-refractivity contribution in [2.75, 3.05) is 13.1 Å². The van der Waals surface area contributed by atoms with Gasteiger partial charge in [-0.3, -0.25) is 10.1 Å². The molecule has 0 aromatic carbocycles. The van der Waals surface area contributed by atoms with Crippen LogP contribution in [0.15, 0.2) is 15.6 Å². The summed E-state index contributed by atoms with van der Waals surface area (Å²) in [6.45, 7) is 8.66. The fraction of sp³-hybridized carbons (Fsp3) is 0.733. The second kappa shape index (κ2) is 10.2. The molecule has 5 nitrogen and oxygen atoms in total. The molecule has 1 amide bonds. The molecule has 0 aromatic heterocycles. The van der Waals surface area contributed by atoms with Crippen LogP contribution in [0, 0.1) is 0 Å². The van der Waals surface area contributed by atoms with Gasteiger partial charge in [0.05, 0.1) is 17.7 Å². The van der Waals surface area contributed by atoms with E-state index < -0.39 is 0 Å². The lowest BCUT2D eigenvalue weighted by Crippen LogP contribution is -2.29. The molecule has 1 aliphatic carbocycles. The van der Waals surface area contributed by atoms with E-state index in [-0.39, 0.29) is 4.75 Å². The van der Waals surface area contributed by atoms with Gasteiger partial charge in [0.1, 0.15) is 0 Å². The van der Waals surface area contributed by atoms with E-state index in [1.54, 1.807) is 0 Å². The minimum atomic E-state index is 0.194. The zero-order valence-corrected chi connectivity index (χ0v) is 15.4. The van der Waals surface area contributed by atoms with Crippen LogP contribution in [0.2, 0.25) is 0 Å². The first-order valence-electron chi connectivity index (χ1n) is 7.68. The number of allylic oxidation sites excluding steroid dienone is 2. The molecule has 1 fully saturated rings. The van der Waals surface area contributed by atoms with Gasteiger partial charge in [0.25, 0.3) is 0 Å². The molecule has 2 N–H and O–H groups in total. The third-order valence-electron chi connectivity index (χ3n) is 2.74. The van der Waals surface area contributed by atoms with Crippen LogP contribution in [0.3, 0.4) is 0 Å². The van der Waals surface area contributed by atoms with Gasteiger partial charge in [-0.25, -0.2) is 4.99 Å². The van der Waals surface area contributed by atoms with E-state index in [2.05, 4.69) is 49.0 Å². The number of nitrogens with zero attached hydrogens (tertiary/aromatic N) is 1. The fourth-order valence-electron chi connectivity index (χ4n) is 1.58. The number of hydrogen-bond donors (Lipinski definition) is 3. The molecular formula is C15H27N3O2S2. The van der Waals surface area contributed by atoms with Crippen LogP contribution in [-0.2, 0) is 8.98 Å². The van der Waals surface area contributed by atoms with E-state index in [0.29, 0.717) is 12.4 Å². The highest BCUT2D eigenvalue weighted by atomic mass is 32.2. The van der Waals surface area contributed by atoms with Gasteiger partial charge in [-0.15, -0.1) is 0 Å². The molecular weight excluding hydrogens is 318 g/mol. The Kier molecular flexibility index (Phi) is 8.97. The molecule has 1 saturated heterocycles. The maximum Gasteiger partial charge on any atom is 0.309 e. The van der Waals surface area contributed by atoms with Crippen molar-refractivity contribution in [3.8, 4) is 0 Å². The van der Waals surface area contributed by atoms with Crippen LogP contribution in [-0.4, -0.2) is 30.3 Å². The van der Waals surface area contributed by atoms with Crippen LogP contribution in [0.25, 0.3) is 0 Å². The summed E-state index contributed by atoms with van der Waals surface area (Å²) >= 11 is 5.45. The fourth-order valence-corrected chi connectivity index (χ4v) is 2.32. The zero-order valence-electron chi connectivity index (χ0n) is 13.6. The molecule has 126 valence electrons. The Morgan fingerprint density at radius 3 is 2.32 bits per heavy atom. The Labute approximate surface area is 143 Å². The largest absolute Gasteiger partial charge is 0.385 e. The molecule has 0 radical (unpaired) electrons. The van der Waals surface area contributed by atoms with Crippen LogP contribution in [0.5, 0.6) is 0 Å². The predicted octanol–water partition coefficient (Wildman–Crippen LogP) is 3.25. The molecule has 0 aromatic rings. The predicted molar refractivity (Wildman–Crippen MR) is 97.0 cm³/mol. The van der Waals surface area contributed by atoms with Crippen molar-refractivity contribution >= 4 is 37.1 Å². The molecule has 3 rings (SSSR count). The van der Waals surface area contributed by atoms with Gasteiger partial charge < -0.3 is 9.50 Å². The van der Waals surface area contributed by atoms with E-state index in [9.17, 15) is 4.79 Å². The summed E-state index contributed by atoms with van der Waals surface area (Å²) in [6.07, 6.45) is 6.40. The summed E-state index contributed by atoms with van der Waals surface area (Å²) in [5.41, 5.74) is 1.08. The molecule has 0 bridgehead atoms. The average Bonchev–Trinajstić information content (AvgIpc) is 2.35. The topological polar surface area (TPSA) is 62.7 Å². The van der Waals surface area contributed by atoms with E-state index in [4.69, 9.17) is 4.18 Å². The van der Waals surface area contributed by atoms with Crippen molar-refractivity contribution in [3.05, 3.63) is 10.6 Å². The summed E-state index contributed by atoms with van der Waals surface area (Å²) in [6, 6.07) is 0.306. The van der Waals surface area contributed by atoms with Crippen molar-refractivity contribution < 1.29 is 8.98 Å². The molecule has 2 heterocycles. The van der Waals surface area contributed by atoms with Crippen LogP contribution >= 0.6 is 24.7 Å². The van der Waals surface area contributed by atoms with E-state index in [1.807, 2.05) is 0 Å². The highest BCUT2D eigenvalue weighted by Gasteiger charge is 2.20. The molecule has 0 spiro atoms. The van der Waals surface area contributed by atoms with Gasteiger partial charge in [-0.2, -0.15) is 12.6 Å². The normalized spacial score (nSPS) is 19.7. The van der Waals surface area contributed by atoms with E-state index in [0.717, 1.165) is 18.5 Å². The monoisotopic (exact) mass is 345 g/mol. The standard InChI is InChI=1S/C8H10N2O2S.C4H10S.C3H7N/c11-5-9-8-10-6-3-1-2-4-7(6)13-12-8;1-4(2,3)5;1-2-4-3-1/h5H,1-4H2,(H,9,10,11);5H,1-3H3;4H,1-3H2. The second-order valence-corrected chi connectivity index (χ2v) is 8.36. The third-order valence-corrected chi connectivity index (χ3v) is 3.62. The first-order valence-corrected chi connectivity index (χ1v) is 8.87.